The Bertz CT molecular complexity index is 1670. The topological polar surface area (TPSA) is 78.6 Å². The fourth-order valence-corrected chi connectivity index (χ4v) is 4.63. The maximum absolute atomic E-state index is 16.0. The molecule has 1 saturated heterocycles. The number of nitrogens with zero attached hydrogens (tertiary/aromatic N) is 4. The Labute approximate surface area is 209 Å². The van der Waals surface area contributed by atoms with Gasteiger partial charge in [0.05, 0.1) is 41.9 Å². The maximum Gasteiger partial charge on any atom is 0.264 e. The number of carbonyl (C=O) groups excluding carboxylic acids is 1. The highest BCUT2D eigenvalue weighted by Crippen LogP contribution is 2.31. The number of amides is 1. The van der Waals surface area contributed by atoms with Crippen molar-refractivity contribution in [3.63, 3.8) is 0 Å². The largest absolute Gasteiger partial charge is 0.491 e. The molecule has 10 heteroatoms. The standard InChI is InChI=1S/C26H26F2N4O4/c1-14-11-16-19(30(14)2)5-6-20(22(16)28)32-13-18(25(33)31-9-7-15(27)8-10-31)23-17(26(32)34)12-21(35-3)24(29-23)36-4/h5-6,11-13,15H,7-10H2,1-4H3/i2D3. The van der Waals surface area contributed by atoms with E-state index in [9.17, 15) is 14.0 Å². The van der Waals surface area contributed by atoms with Gasteiger partial charge in [0.15, 0.2) is 11.6 Å². The van der Waals surface area contributed by atoms with Gasteiger partial charge in [0.1, 0.15) is 6.17 Å². The first kappa shape index (κ1) is 20.3. The molecule has 0 aliphatic carbocycles. The van der Waals surface area contributed by atoms with E-state index in [-0.39, 0.29) is 70.6 Å². The predicted molar refractivity (Wildman–Crippen MR) is 132 cm³/mol. The Morgan fingerprint density at radius 1 is 1.17 bits per heavy atom. The fourth-order valence-electron chi connectivity index (χ4n) is 4.63. The zero-order valence-electron chi connectivity index (χ0n) is 23.0. The zero-order valence-corrected chi connectivity index (χ0v) is 20.0. The lowest BCUT2D eigenvalue weighted by Crippen LogP contribution is -2.39. The summed E-state index contributed by atoms with van der Waals surface area (Å²) in [6.45, 7) is -0.629. The minimum absolute atomic E-state index is 0.00130. The lowest BCUT2D eigenvalue weighted by molar-refractivity contribution is 0.0668. The second kappa shape index (κ2) is 8.92. The first-order valence-electron chi connectivity index (χ1n) is 12.9. The Morgan fingerprint density at radius 3 is 2.58 bits per heavy atom. The van der Waals surface area contributed by atoms with Crippen LogP contribution < -0.4 is 15.0 Å². The van der Waals surface area contributed by atoms with Gasteiger partial charge < -0.3 is 18.9 Å². The minimum Gasteiger partial charge on any atom is -0.491 e. The number of hydrogen-bond acceptors (Lipinski definition) is 5. The molecule has 1 aliphatic rings. The van der Waals surface area contributed by atoms with E-state index in [1.165, 1.54) is 49.6 Å². The van der Waals surface area contributed by atoms with Gasteiger partial charge in [0, 0.05) is 47.5 Å². The van der Waals surface area contributed by atoms with Gasteiger partial charge in [-0.05, 0) is 38.0 Å². The van der Waals surface area contributed by atoms with E-state index in [1.54, 1.807) is 6.92 Å². The van der Waals surface area contributed by atoms with Gasteiger partial charge in [0.25, 0.3) is 17.3 Å². The molecule has 0 radical (unpaired) electrons. The van der Waals surface area contributed by atoms with Gasteiger partial charge in [-0.1, -0.05) is 0 Å². The number of benzene rings is 1. The number of rotatable bonds is 4. The average Bonchev–Trinajstić information content (AvgIpc) is 3.26. The Kier molecular flexibility index (Phi) is 5.02. The van der Waals surface area contributed by atoms with E-state index < -0.39 is 30.4 Å². The third-order valence-electron chi connectivity index (χ3n) is 6.62. The summed E-state index contributed by atoms with van der Waals surface area (Å²) in [4.78, 5) is 33.2. The van der Waals surface area contributed by atoms with Crippen LogP contribution in [0, 0.1) is 12.7 Å². The van der Waals surface area contributed by atoms with Crippen LogP contribution in [0.1, 0.15) is 33.0 Å². The normalized spacial score (nSPS) is 16.1. The van der Waals surface area contributed by atoms with Gasteiger partial charge in [-0.15, -0.1) is 0 Å². The number of halogens is 2. The number of piperidine rings is 1. The van der Waals surface area contributed by atoms with Gasteiger partial charge in [0.2, 0.25) is 0 Å². The molecule has 0 bridgehead atoms. The Morgan fingerprint density at radius 2 is 1.92 bits per heavy atom. The molecule has 4 aromatic rings. The summed E-state index contributed by atoms with van der Waals surface area (Å²) >= 11 is 0. The average molecular weight is 500 g/mol. The highest BCUT2D eigenvalue weighted by Gasteiger charge is 2.28. The van der Waals surface area contributed by atoms with Crippen LogP contribution in [0.2, 0.25) is 0 Å². The molecule has 1 aliphatic heterocycles. The molecular formula is C26H26F2N4O4. The van der Waals surface area contributed by atoms with E-state index in [2.05, 4.69) is 4.98 Å². The molecule has 8 nitrogen and oxygen atoms in total. The predicted octanol–water partition coefficient (Wildman–Crippen LogP) is 3.92. The lowest BCUT2D eigenvalue weighted by atomic mass is 10.1. The van der Waals surface area contributed by atoms with E-state index in [4.69, 9.17) is 13.6 Å². The van der Waals surface area contributed by atoms with Crippen molar-refractivity contribution in [2.24, 2.45) is 6.98 Å². The molecule has 0 N–H and O–H groups in total. The van der Waals surface area contributed by atoms with E-state index in [0.717, 1.165) is 9.13 Å². The highest BCUT2D eigenvalue weighted by molar-refractivity contribution is 6.05. The number of aromatic nitrogens is 3. The van der Waals surface area contributed by atoms with Gasteiger partial charge in [-0.3, -0.25) is 14.2 Å². The number of hydrogen-bond donors (Lipinski definition) is 0. The molecule has 0 unspecified atom stereocenters. The third-order valence-corrected chi connectivity index (χ3v) is 6.62. The molecule has 4 heterocycles. The van der Waals surface area contributed by atoms with Crippen LogP contribution in [0.5, 0.6) is 11.6 Å². The van der Waals surface area contributed by atoms with Gasteiger partial charge in [-0.25, -0.2) is 13.8 Å². The summed E-state index contributed by atoms with van der Waals surface area (Å²) < 4.78 is 65.8. The van der Waals surface area contributed by atoms with Crippen molar-refractivity contribution in [1.82, 2.24) is 19.0 Å². The van der Waals surface area contributed by atoms with Crippen LogP contribution >= 0.6 is 0 Å². The number of aryl methyl sites for hydroxylation is 2. The Balaban J connectivity index is 1.78. The van der Waals surface area contributed by atoms with Crippen molar-refractivity contribution in [3.8, 4) is 17.3 Å². The first-order chi connectivity index (χ1) is 18.5. The van der Waals surface area contributed by atoms with Crippen molar-refractivity contribution in [2.45, 2.75) is 25.9 Å². The monoisotopic (exact) mass is 499 g/mol. The Hall–Kier alpha value is -3.95. The molecule has 5 rings (SSSR count). The van der Waals surface area contributed by atoms with Crippen molar-refractivity contribution in [3.05, 3.63) is 57.9 Å². The van der Waals surface area contributed by atoms with Crippen molar-refractivity contribution in [1.29, 1.82) is 0 Å². The van der Waals surface area contributed by atoms with Crippen LogP contribution in [-0.4, -0.2) is 58.4 Å². The van der Waals surface area contributed by atoms with Crippen molar-refractivity contribution < 1.29 is 27.2 Å². The van der Waals surface area contributed by atoms with Crippen LogP contribution in [0.4, 0.5) is 8.78 Å². The second-order valence-electron chi connectivity index (χ2n) is 8.73. The second-order valence-corrected chi connectivity index (χ2v) is 8.73. The molecule has 1 amide bonds. The number of carbonyl (C=O) groups is 1. The summed E-state index contributed by atoms with van der Waals surface area (Å²) in [7, 11) is 2.73. The van der Waals surface area contributed by atoms with Crippen LogP contribution in [0.25, 0.3) is 27.5 Å². The molecule has 3 aromatic heterocycles. The molecule has 188 valence electrons. The summed E-state index contributed by atoms with van der Waals surface area (Å²) in [5, 5.41) is -0.00827. The third kappa shape index (κ3) is 3.68. The van der Waals surface area contributed by atoms with Gasteiger partial charge >= 0.3 is 0 Å². The van der Waals surface area contributed by atoms with Crippen LogP contribution in [0.15, 0.2) is 35.3 Å². The molecule has 36 heavy (non-hydrogen) atoms. The van der Waals surface area contributed by atoms with E-state index in [0.29, 0.717) is 5.69 Å². The molecular weight excluding hydrogens is 470 g/mol. The molecule has 1 fully saturated rings. The van der Waals surface area contributed by atoms with Gasteiger partial charge in [-0.2, -0.15) is 0 Å². The van der Waals surface area contributed by atoms with Crippen molar-refractivity contribution >= 4 is 27.7 Å². The number of likely N-dealkylation sites (tertiary alicyclic amines) is 1. The summed E-state index contributed by atoms with van der Waals surface area (Å²) in [5.41, 5.74) is -0.363. The molecule has 0 spiro atoms. The summed E-state index contributed by atoms with van der Waals surface area (Å²) in [6, 6.07) is 5.49. The molecule has 0 atom stereocenters. The summed E-state index contributed by atoms with van der Waals surface area (Å²) in [6.07, 6.45) is 0.567. The number of ether oxygens (including phenoxy) is 2. The fraction of sp³-hybridized carbons (Fsp3) is 0.346. The SMILES string of the molecule is [2H]C([2H])([2H])n1c(C)cc2c(F)c(-n3cc(C(=O)N4CCC(F)CC4)c4nc(OC)c(OC)cc4c3=O)ccc21. The van der Waals surface area contributed by atoms with Crippen molar-refractivity contribution in [2.75, 3.05) is 27.3 Å². The maximum atomic E-state index is 16.0. The lowest BCUT2D eigenvalue weighted by Gasteiger charge is -2.29. The first-order valence-corrected chi connectivity index (χ1v) is 11.4. The number of alkyl halides is 1. The van der Waals surface area contributed by atoms with Crippen LogP contribution in [0.3, 0.4) is 0 Å². The van der Waals surface area contributed by atoms with Crippen LogP contribution in [-0.2, 0) is 6.98 Å². The highest BCUT2D eigenvalue weighted by atomic mass is 19.1. The number of pyridine rings is 2. The zero-order chi connectivity index (χ0) is 28.2. The molecule has 1 aromatic carbocycles. The summed E-state index contributed by atoms with van der Waals surface area (Å²) in [5.74, 6) is -1.14. The van der Waals surface area contributed by atoms with E-state index >= 15 is 4.39 Å². The minimum atomic E-state index is -2.53. The number of fused-ring (bicyclic) bond motifs is 2. The van der Waals surface area contributed by atoms with E-state index in [1.807, 2.05) is 0 Å². The smallest absolute Gasteiger partial charge is 0.264 e. The number of methoxy groups -OCH3 is 2. The quantitative estimate of drug-likeness (QED) is 0.425. The molecule has 0 saturated carbocycles.